The maximum atomic E-state index is 5.41. The quantitative estimate of drug-likeness (QED) is 0.726. The van der Waals surface area contributed by atoms with Gasteiger partial charge in [-0.25, -0.2) is 9.97 Å². The number of aromatic nitrogens is 6. The van der Waals surface area contributed by atoms with Crippen LogP contribution in [0, 0.1) is 0 Å². The second-order valence-electron chi connectivity index (χ2n) is 5.68. The van der Waals surface area contributed by atoms with Gasteiger partial charge in [0.1, 0.15) is 6.33 Å². The summed E-state index contributed by atoms with van der Waals surface area (Å²) in [5, 5.41) is 3.23. The van der Waals surface area contributed by atoms with Gasteiger partial charge in [0.2, 0.25) is 11.9 Å². The van der Waals surface area contributed by atoms with Crippen LogP contribution in [0.1, 0.15) is 5.69 Å². The van der Waals surface area contributed by atoms with E-state index < -0.39 is 0 Å². The molecule has 1 saturated heterocycles. The number of pyridine rings is 1. The zero-order chi connectivity index (χ0) is 17.6. The van der Waals surface area contributed by atoms with E-state index in [1.165, 1.54) is 6.33 Å². The minimum atomic E-state index is 0.492. The van der Waals surface area contributed by atoms with Gasteiger partial charge in [0.05, 0.1) is 31.0 Å². The minimum Gasteiger partial charge on any atom is -0.378 e. The largest absolute Gasteiger partial charge is 0.378 e. The van der Waals surface area contributed by atoms with Crippen molar-refractivity contribution in [2.75, 3.05) is 36.5 Å². The molecule has 9 nitrogen and oxygen atoms in total. The van der Waals surface area contributed by atoms with Gasteiger partial charge in [-0.15, -0.1) is 0 Å². The number of ether oxygens (including phenoxy) is 1. The van der Waals surface area contributed by atoms with Crippen LogP contribution in [0.2, 0.25) is 0 Å². The van der Waals surface area contributed by atoms with Crippen molar-refractivity contribution in [3.8, 4) is 11.4 Å². The predicted molar refractivity (Wildman–Crippen MR) is 95.4 cm³/mol. The van der Waals surface area contributed by atoms with E-state index in [1.807, 2.05) is 18.2 Å². The molecule has 3 aromatic heterocycles. The van der Waals surface area contributed by atoms with Gasteiger partial charge in [-0.05, 0) is 12.1 Å². The Bertz CT molecular complexity index is 840. The van der Waals surface area contributed by atoms with Gasteiger partial charge in [0.15, 0.2) is 5.82 Å². The van der Waals surface area contributed by atoms with Crippen LogP contribution in [0.25, 0.3) is 11.4 Å². The molecule has 0 atom stereocenters. The van der Waals surface area contributed by atoms with Crippen molar-refractivity contribution in [1.29, 1.82) is 0 Å². The summed E-state index contributed by atoms with van der Waals surface area (Å²) in [7, 11) is 0. The summed E-state index contributed by atoms with van der Waals surface area (Å²) >= 11 is 0. The summed E-state index contributed by atoms with van der Waals surface area (Å²) in [6.07, 6.45) is 6.62. The second-order valence-corrected chi connectivity index (χ2v) is 5.68. The van der Waals surface area contributed by atoms with E-state index in [2.05, 4.69) is 40.1 Å². The third-order valence-electron chi connectivity index (χ3n) is 3.89. The van der Waals surface area contributed by atoms with E-state index >= 15 is 0 Å². The zero-order valence-corrected chi connectivity index (χ0v) is 14.1. The van der Waals surface area contributed by atoms with E-state index in [1.54, 1.807) is 18.6 Å². The molecule has 4 rings (SSSR count). The first kappa shape index (κ1) is 16.3. The van der Waals surface area contributed by atoms with Crippen molar-refractivity contribution in [3.05, 3.63) is 48.8 Å². The Morgan fingerprint density at radius 2 is 1.88 bits per heavy atom. The first-order chi connectivity index (χ1) is 12.9. The molecule has 4 heterocycles. The molecule has 0 unspecified atom stereocenters. The van der Waals surface area contributed by atoms with Crippen molar-refractivity contribution in [3.63, 3.8) is 0 Å². The summed E-state index contributed by atoms with van der Waals surface area (Å²) in [5.41, 5.74) is 1.65. The number of anilines is 2. The summed E-state index contributed by atoms with van der Waals surface area (Å²) in [4.78, 5) is 28.2. The fraction of sp³-hybridized carbons (Fsp3) is 0.294. The third-order valence-corrected chi connectivity index (χ3v) is 3.89. The first-order valence-corrected chi connectivity index (χ1v) is 8.36. The van der Waals surface area contributed by atoms with Crippen molar-refractivity contribution >= 4 is 11.9 Å². The van der Waals surface area contributed by atoms with Gasteiger partial charge >= 0.3 is 0 Å². The zero-order valence-electron chi connectivity index (χ0n) is 14.1. The molecule has 132 valence electrons. The lowest BCUT2D eigenvalue weighted by atomic mass is 10.3. The molecular formula is C17H18N8O. The fourth-order valence-electron chi connectivity index (χ4n) is 2.56. The number of hydrogen-bond acceptors (Lipinski definition) is 9. The monoisotopic (exact) mass is 350 g/mol. The highest BCUT2D eigenvalue weighted by Gasteiger charge is 2.17. The fourth-order valence-corrected chi connectivity index (χ4v) is 2.56. The van der Waals surface area contributed by atoms with Crippen LogP contribution in [0.4, 0.5) is 11.9 Å². The lowest BCUT2D eigenvalue weighted by Gasteiger charge is -2.27. The second kappa shape index (κ2) is 7.79. The van der Waals surface area contributed by atoms with Crippen molar-refractivity contribution < 1.29 is 4.74 Å². The predicted octanol–water partition coefficient (Wildman–Crippen LogP) is 1.17. The summed E-state index contributed by atoms with van der Waals surface area (Å²) in [5.74, 6) is 1.64. The molecule has 0 bridgehead atoms. The smallest absolute Gasteiger partial charge is 0.230 e. The molecule has 0 radical (unpaired) electrons. The number of hydrogen-bond donors (Lipinski definition) is 1. The highest BCUT2D eigenvalue weighted by atomic mass is 16.5. The van der Waals surface area contributed by atoms with E-state index in [4.69, 9.17) is 4.74 Å². The number of nitrogens with one attached hydrogen (secondary N) is 1. The van der Waals surface area contributed by atoms with Crippen molar-refractivity contribution in [2.24, 2.45) is 0 Å². The maximum Gasteiger partial charge on any atom is 0.230 e. The topological polar surface area (TPSA) is 102 Å². The van der Waals surface area contributed by atoms with Crippen LogP contribution in [-0.4, -0.2) is 56.2 Å². The van der Waals surface area contributed by atoms with Crippen LogP contribution in [0.5, 0.6) is 0 Å². The summed E-state index contributed by atoms with van der Waals surface area (Å²) < 4.78 is 5.41. The summed E-state index contributed by atoms with van der Waals surface area (Å²) in [6, 6.07) is 5.78. The normalized spacial score (nSPS) is 14.2. The van der Waals surface area contributed by atoms with Gasteiger partial charge in [-0.3, -0.25) is 4.98 Å². The molecule has 3 aromatic rings. The van der Waals surface area contributed by atoms with Crippen molar-refractivity contribution in [2.45, 2.75) is 6.54 Å². The number of morpholine rings is 1. The molecule has 0 saturated carbocycles. The van der Waals surface area contributed by atoms with E-state index in [-0.39, 0.29) is 0 Å². The molecule has 0 spiro atoms. The SMILES string of the molecule is c1ccc(CNc2nc(-c3cncnc3)nc(N3CCOCC3)n2)nc1. The number of rotatable bonds is 5. The third kappa shape index (κ3) is 3.89. The lowest BCUT2D eigenvalue weighted by Crippen LogP contribution is -2.37. The Morgan fingerprint density at radius 1 is 1.04 bits per heavy atom. The molecule has 1 aliphatic heterocycles. The Labute approximate surface area is 150 Å². The van der Waals surface area contributed by atoms with Gasteiger partial charge < -0.3 is 15.0 Å². The van der Waals surface area contributed by atoms with Crippen LogP contribution < -0.4 is 10.2 Å². The summed E-state index contributed by atoms with van der Waals surface area (Å²) in [6.45, 7) is 3.33. The first-order valence-electron chi connectivity index (χ1n) is 8.36. The van der Waals surface area contributed by atoms with Gasteiger partial charge in [0.25, 0.3) is 0 Å². The van der Waals surface area contributed by atoms with Crippen LogP contribution >= 0.6 is 0 Å². The average molecular weight is 350 g/mol. The van der Waals surface area contributed by atoms with Crippen LogP contribution in [0.3, 0.4) is 0 Å². The van der Waals surface area contributed by atoms with E-state index in [0.29, 0.717) is 37.5 Å². The van der Waals surface area contributed by atoms with E-state index in [0.717, 1.165) is 24.3 Å². The average Bonchev–Trinajstić information content (AvgIpc) is 2.74. The molecule has 26 heavy (non-hydrogen) atoms. The molecule has 0 aromatic carbocycles. The molecule has 9 heteroatoms. The Balaban J connectivity index is 1.63. The maximum absolute atomic E-state index is 5.41. The van der Waals surface area contributed by atoms with E-state index in [9.17, 15) is 0 Å². The Kier molecular flexibility index (Phi) is 4.88. The molecule has 1 aliphatic rings. The lowest BCUT2D eigenvalue weighted by molar-refractivity contribution is 0.122. The van der Waals surface area contributed by atoms with Crippen molar-refractivity contribution in [1.82, 2.24) is 29.9 Å². The van der Waals surface area contributed by atoms with Gasteiger partial charge in [-0.2, -0.15) is 15.0 Å². The van der Waals surface area contributed by atoms with Crippen LogP contribution in [0.15, 0.2) is 43.1 Å². The standard InChI is InChI=1S/C17H18N8O/c1-2-4-20-14(3-1)11-21-16-22-15(13-9-18-12-19-10-13)23-17(24-16)25-5-7-26-8-6-25/h1-4,9-10,12H,5-8,11H2,(H,21,22,23,24). The van der Waals surface area contributed by atoms with Gasteiger partial charge in [0, 0.05) is 31.7 Å². The van der Waals surface area contributed by atoms with Crippen LogP contribution in [-0.2, 0) is 11.3 Å². The molecule has 1 N–H and O–H groups in total. The number of nitrogens with zero attached hydrogens (tertiary/aromatic N) is 7. The highest BCUT2D eigenvalue weighted by molar-refractivity contribution is 5.56. The molecule has 0 aliphatic carbocycles. The highest BCUT2D eigenvalue weighted by Crippen LogP contribution is 2.19. The molecule has 1 fully saturated rings. The Hall–Kier alpha value is -3.20. The van der Waals surface area contributed by atoms with Gasteiger partial charge in [-0.1, -0.05) is 6.07 Å². The molecular weight excluding hydrogens is 332 g/mol. The molecule has 0 amide bonds. The minimum absolute atomic E-state index is 0.492. The Morgan fingerprint density at radius 3 is 2.65 bits per heavy atom.